The zero-order valence-electron chi connectivity index (χ0n) is 10.9. The molecule has 20 heavy (non-hydrogen) atoms. The molecule has 2 rings (SSSR count). The molecule has 2 N–H and O–H groups in total. The molecule has 6 nitrogen and oxygen atoms in total. The molecule has 0 aliphatic carbocycles. The molecule has 0 spiro atoms. The monoisotopic (exact) mass is 296 g/mol. The van der Waals surface area contributed by atoms with E-state index in [1.807, 2.05) is 11.8 Å². The number of nitrogens with zero attached hydrogens (tertiary/aromatic N) is 1. The van der Waals surface area contributed by atoms with Gasteiger partial charge in [0.15, 0.2) is 0 Å². The molecule has 7 heteroatoms. The minimum Gasteiger partial charge on any atom is -0.502 e. The topological polar surface area (TPSA) is 92.5 Å². The number of carbonyl (C=O) groups excluding carboxylic acids is 1. The number of benzene rings is 1. The molecular weight excluding hydrogens is 280 g/mol. The van der Waals surface area contributed by atoms with Crippen molar-refractivity contribution in [1.29, 1.82) is 0 Å². The van der Waals surface area contributed by atoms with Gasteiger partial charge in [-0.05, 0) is 36.3 Å². The summed E-state index contributed by atoms with van der Waals surface area (Å²) in [5.41, 5.74) is -0.504. The summed E-state index contributed by atoms with van der Waals surface area (Å²) in [4.78, 5) is 22.0. The predicted octanol–water partition coefficient (Wildman–Crippen LogP) is 2.17. The standard InChI is InChI=1S/C13H16N2O4S/c16-12-10(2-1-3-11(12)15(18)19)13(17)14-8-9-4-6-20-7-5-9/h1-3,9,16H,4-8H2,(H,14,17). The maximum Gasteiger partial charge on any atom is 0.311 e. The third-order valence-electron chi connectivity index (χ3n) is 3.35. The van der Waals surface area contributed by atoms with E-state index >= 15 is 0 Å². The molecule has 108 valence electrons. The lowest BCUT2D eigenvalue weighted by Gasteiger charge is -2.21. The van der Waals surface area contributed by atoms with Crippen LogP contribution in [0.2, 0.25) is 0 Å². The molecule has 0 radical (unpaired) electrons. The van der Waals surface area contributed by atoms with Crippen LogP contribution in [0.5, 0.6) is 5.75 Å². The summed E-state index contributed by atoms with van der Waals surface area (Å²) in [6.45, 7) is 0.543. The number of phenols is 1. The number of carbonyl (C=O) groups is 1. The number of aromatic hydroxyl groups is 1. The van der Waals surface area contributed by atoms with Crippen LogP contribution in [0.4, 0.5) is 5.69 Å². The van der Waals surface area contributed by atoms with Gasteiger partial charge in [0.05, 0.1) is 10.5 Å². The summed E-state index contributed by atoms with van der Waals surface area (Å²) >= 11 is 1.91. The summed E-state index contributed by atoms with van der Waals surface area (Å²) in [6.07, 6.45) is 2.12. The van der Waals surface area contributed by atoms with E-state index in [-0.39, 0.29) is 5.56 Å². The van der Waals surface area contributed by atoms with Crippen molar-refractivity contribution in [3.8, 4) is 5.75 Å². The van der Waals surface area contributed by atoms with Crippen LogP contribution in [0.15, 0.2) is 18.2 Å². The maximum absolute atomic E-state index is 12.0. The number of nitro benzene ring substituents is 1. The van der Waals surface area contributed by atoms with Gasteiger partial charge in [-0.2, -0.15) is 11.8 Å². The molecule has 0 unspecified atom stereocenters. The van der Waals surface area contributed by atoms with Crippen molar-refractivity contribution in [2.45, 2.75) is 12.8 Å². The molecule has 0 atom stereocenters. The van der Waals surface area contributed by atoms with Crippen LogP contribution in [-0.4, -0.2) is 34.0 Å². The molecular formula is C13H16N2O4S. The Kier molecular flexibility index (Phi) is 4.84. The Morgan fingerprint density at radius 2 is 2.15 bits per heavy atom. The van der Waals surface area contributed by atoms with E-state index < -0.39 is 22.3 Å². The number of hydrogen-bond acceptors (Lipinski definition) is 5. The number of nitrogens with one attached hydrogen (secondary N) is 1. The highest BCUT2D eigenvalue weighted by molar-refractivity contribution is 7.99. The summed E-state index contributed by atoms with van der Waals surface area (Å²) in [5, 5.41) is 23.2. The zero-order chi connectivity index (χ0) is 14.5. The fourth-order valence-electron chi connectivity index (χ4n) is 2.14. The number of hydrogen-bond donors (Lipinski definition) is 2. The van der Waals surface area contributed by atoms with Crippen molar-refractivity contribution in [2.75, 3.05) is 18.1 Å². The predicted molar refractivity (Wildman–Crippen MR) is 77.1 cm³/mol. The third kappa shape index (κ3) is 3.41. The van der Waals surface area contributed by atoms with E-state index in [2.05, 4.69) is 5.32 Å². The number of para-hydroxylation sites is 1. The van der Waals surface area contributed by atoms with Crippen LogP contribution < -0.4 is 5.32 Å². The highest BCUT2D eigenvalue weighted by Gasteiger charge is 2.21. The number of rotatable bonds is 4. The zero-order valence-corrected chi connectivity index (χ0v) is 11.7. The average Bonchev–Trinajstić information content (AvgIpc) is 2.46. The Labute approximate surface area is 120 Å². The van der Waals surface area contributed by atoms with Crippen molar-refractivity contribution in [1.82, 2.24) is 5.32 Å². The number of amides is 1. The minimum atomic E-state index is -0.704. The van der Waals surface area contributed by atoms with Crippen molar-refractivity contribution in [3.63, 3.8) is 0 Å². The first-order valence-corrected chi connectivity index (χ1v) is 7.57. The van der Waals surface area contributed by atoms with E-state index in [1.165, 1.54) is 18.2 Å². The fourth-order valence-corrected chi connectivity index (χ4v) is 3.35. The molecule has 1 aliphatic heterocycles. The Bertz CT molecular complexity index is 515. The second-order valence-electron chi connectivity index (χ2n) is 4.70. The molecule has 1 aliphatic rings. The van der Waals surface area contributed by atoms with Gasteiger partial charge in [0, 0.05) is 12.6 Å². The number of thioether (sulfide) groups is 1. The Morgan fingerprint density at radius 1 is 1.45 bits per heavy atom. The lowest BCUT2D eigenvalue weighted by Crippen LogP contribution is -2.31. The largest absolute Gasteiger partial charge is 0.502 e. The van der Waals surface area contributed by atoms with Crippen LogP contribution >= 0.6 is 11.8 Å². The summed E-state index contributed by atoms with van der Waals surface area (Å²) < 4.78 is 0. The molecule has 1 aromatic rings. The van der Waals surface area contributed by atoms with Crippen LogP contribution in [0.1, 0.15) is 23.2 Å². The van der Waals surface area contributed by atoms with E-state index in [0.29, 0.717) is 12.5 Å². The molecule has 0 aromatic heterocycles. The van der Waals surface area contributed by atoms with Crippen molar-refractivity contribution in [3.05, 3.63) is 33.9 Å². The fraction of sp³-hybridized carbons (Fsp3) is 0.462. The lowest BCUT2D eigenvalue weighted by atomic mass is 10.0. The van der Waals surface area contributed by atoms with Crippen LogP contribution in [0, 0.1) is 16.0 Å². The van der Waals surface area contributed by atoms with Crippen molar-refractivity contribution < 1.29 is 14.8 Å². The quantitative estimate of drug-likeness (QED) is 0.656. The van der Waals surface area contributed by atoms with Gasteiger partial charge in [-0.25, -0.2) is 0 Å². The van der Waals surface area contributed by atoms with Crippen LogP contribution in [0.3, 0.4) is 0 Å². The first-order valence-electron chi connectivity index (χ1n) is 6.42. The average molecular weight is 296 g/mol. The summed E-state index contributed by atoms with van der Waals surface area (Å²) in [7, 11) is 0. The van der Waals surface area contributed by atoms with Crippen molar-refractivity contribution >= 4 is 23.4 Å². The second-order valence-corrected chi connectivity index (χ2v) is 5.92. The van der Waals surface area contributed by atoms with E-state index in [4.69, 9.17) is 0 Å². The SMILES string of the molecule is O=C(NCC1CCSCC1)c1cccc([N+](=O)[O-])c1O. The molecule has 1 amide bonds. The first-order chi connectivity index (χ1) is 9.59. The smallest absolute Gasteiger partial charge is 0.311 e. The van der Waals surface area contributed by atoms with Crippen LogP contribution in [-0.2, 0) is 0 Å². The summed E-state index contributed by atoms with van der Waals surface area (Å²) in [6, 6.07) is 3.95. The number of nitro groups is 1. The van der Waals surface area contributed by atoms with Gasteiger partial charge in [0.25, 0.3) is 5.91 Å². The van der Waals surface area contributed by atoms with Gasteiger partial charge in [-0.1, -0.05) is 6.07 Å². The maximum atomic E-state index is 12.0. The van der Waals surface area contributed by atoms with Crippen LogP contribution in [0.25, 0.3) is 0 Å². The Balaban J connectivity index is 2.01. The van der Waals surface area contributed by atoms with Gasteiger partial charge in [0.1, 0.15) is 0 Å². The van der Waals surface area contributed by atoms with Crippen molar-refractivity contribution in [2.24, 2.45) is 5.92 Å². The van der Waals surface area contributed by atoms with E-state index in [0.717, 1.165) is 24.3 Å². The minimum absolute atomic E-state index is 0.0515. The highest BCUT2D eigenvalue weighted by atomic mass is 32.2. The lowest BCUT2D eigenvalue weighted by molar-refractivity contribution is -0.385. The molecule has 1 fully saturated rings. The molecule has 0 bridgehead atoms. The third-order valence-corrected chi connectivity index (χ3v) is 4.40. The summed E-state index contributed by atoms with van der Waals surface area (Å²) in [5.74, 6) is 1.60. The highest BCUT2D eigenvalue weighted by Crippen LogP contribution is 2.29. The molecule has 0 saturated carbocycles. The van der Waals surface area contributed by atoms with E-state index in [1.54, 1.807) is 0 Å². The number of phenolic OH excluding ortho intramolecular Hbond substituents is 1. The van der Waals surface area contributed by atoms with Gasteiger partial charge in [-0.3, -0.25) is 14.9 Å². The molecule has 1 aromatic carbocycles. The normalized spacial score (nSPS) is 15.8. The van der Waals surface area contributed by atoms with Gasteiger partial charge in [-0.15, -0.1) is 0 Å². The molecule has 1 saturated heterocycles. The van der Waals surface area contributed by atoms with E-state index in [9.17, 15) is 20.0 Å². The second kappa shape index (κ2) is 6.60. The van der Waals surface area contributed by atoms with Gasteiger partial charge in [0.2, 0.25) is 5.75 Å². The first kappa shape index (κ1) is 14.6. The Morgan fingerprint density at radius 3 is 2.80 bits per heavy atom. The Hall–Kier alpha value is -1.76. The van der Waals surface area contributed by atoms with Gasteiger partial charge >= 0.3 is 5.69 Å². The van der Waals surface area contributed by atoms with Gasteiger partial charge < -0.3 is 10.4 Å². The molecule has 1 heterocycles.